The predicted molar refractivity (Wildman–Crippen MR) is 104 cm³/mol. The first kappa shape index (κ1) is 25.4. The number of hydrogen-bond donors (Lipinski definition) is 0. The summed E-state index contributed by atoms with van der Waals surface area (Å²) in [6.45, 7) is 0. The molecule has 0 spiro atoms. The molecule has 3 aromatic rings. The molecule has 0 atom stereocenters. The van der Waals surface area contributed by atoms with Crippen LogP contribution in [-0.4, -0.2) is 29.7 Å². The van der Waals surface area contributed by atoms with Gasteiger partial charge in [0, 0.05) is 18.2 Å². The van der Waals surface area contributed by atoms with Crippen molar-refractivity contribution in [2.75, 3.05) is 0 Å². The Labute approximate surface area is 193 Å². The molecule has 0 bridgehead atoms. The van der Waals surface area contributed by atoms with Crippen molar-refractivity contribution in [3.05, 3.63) is 107 Å². The van der Waals surface area contributed by atoms with E-state index in [0.29, 0.717) is 0 Å². The molecule has 3 rings (SSSR count). The van der Waals surface area contributed by atoms with Crippen LogP contribution in [0.2, 0.25) is 0 Å². The van der Waals surface area contributed by atoms with Gasteiger partial charge in [-0.1, -0.05) is 54.6 Å². The minimum Gasteiger partial charge on any atom is -0.587 e. The first-order valence-corrected chi connectivity index (χ1v) is 7.90. The van der Waals surface area contributed by atoms with E-state index in [1.165, 1.54) is 36.4 Å². The summed E-state index contributed by atoms with van der Waals surface area (Å²) < 4.78 is 0. The summed E-state index contributed by atoms with van der Waals surface area (Å²) in [6, 6.07) is 24.6. The summed E-state index contributed by atoms with van der Waals surface area (Å²) in [5.41, 5.74) is 0.0417. The van der Waals surface area contributed by atoms with E-state index in [1.807, 2.05) is 0 Å². The predicted octanol–water partition coefficient (Wildman–Crippen LogP) is 0.387. The third kappa shape index (κ3) is 10.5. The molecule has 0 aliphatic heterocycles. The molecule has 0 heterocycles. The second kappa shape index (κ2) is 14.5. The molecule has 0 fully saturated rings. The van der Waals surface area contributed by atoms with E-state index >= 15 is 0 Å². The van der Waals surface area contributed by atoms with Crippen molar-refractivity contribution in [2.24, 2.45) is 0 Å². The van der Waals surface area contributed by atoms with Crippen LogP contribution >= 0.6 is 0 Å². The van der Waals surface area contributed by atoms with Gasteiger partial charge in [-0.2, -0.15) is 0 Å². The monoisotopic (exact) mass is 514 g/mol. The third-order valence-corrected chi connectivity index (χ3v) is 3.05. The quantitative estimate of drug-likeness (QED) is 0.383. The Kier molecular flexibility index (Phi) is 13.1. The molecule has 0 aliphatic carbocycles. The topological polar surface area (TPSA) is 133 Å². The Hall–Kier alpha value is -2.58. The maximum atomic E-state index is 8.89. The van der Waals surface area contributed by atoms with E-state index in [1.54, 1.807) is 54.6 Å². The van der Waals surface area contributed by atoms with Crippen molar-refractivity contribution in [2.45, 2.75) is 0 Å². The van der Waals surface area contributed by atoms with E-state index in [0.717, 1.165) is 0 Å². The molecule has 7 heteroatoms. The summed E-state index contributed by atoms with van der Waals surface area (Å²) in [4.78, 5) is 26.7. The molecule has 0 aliphatic rings. The summed E-state index contributed by atoms with van der Waals surface area (Å²) in [5.74, 6) is 0.458. The van der Waals surface area contributed by atoms with E-state index in [2.05, 4.69) is 0 Å². The first-order valence-electron chi connectivity index (χ1n) is 7.90. The van der Waals surface area contributed by atoms with Crippen molar-refractivity contribution in [1.29, 1.82) is 0 Å². The second-order valence-corrected chi connectivity index (χ2v) is 5.13. The smallest absolute Gasteiger partial charge is 0.587 e. The van der Waals surface area contributed by atoms with Crippen LogP contribution in [0.4, 0.5) is 0 Å². The largest absolute Gasteiger partial charge is 3.00 e. The molecule has 3 aromatic carbocycles. The second-order valence-electron chi connectivity index (χ2n) is 5.13. The average molecular weight is 517 g/mol. The maximum Gasteiger partial charge on any atom is 3.00 e. The van der Waals surface area contributed by atoms with Gasteiger partial charge >= 0.3 is 74.4 Å². The van der Waals surface area contributed by atoms with Crippen molar-refractivity contribution in [3.8, 4) is 17.2 Å². The molecule has 9 N–H and O–H groups in total. The van der Waals surface area contributed by atoms with E-state index in [9.17, 15) is 0 Å². The van der Waals surface area contributed by atoms with E-state index in [-0.39, 0.29) is 74.4 Å². The fourth-order valence-corrected chi connectivity index (χ4v) is 1.61. The number of hydrogen-bond acceptors (Lipinski definition) is 0. The van der Waals surface area contributed by atoms with Gasteiger partial charge in [0.1, 0.15) is 0 Å². The Morgan fingerprint density at radius 1 is 0.393 bits per heavy atom. The summed E-state index contributed by atoms with van der Waals surface area (Å²) in [6.07, 6.45) is 0. The van der Waals surface area contributed by atoms with Crippen LogP contribution in [0.5, 0.6) is 17.2 Å². The molecular weight excluding hydrogens is 492 g/mol. The van der Waals surface area contributed by atoms with Gasteiger partial charge in [0.2, 0.25) is 0 Å². The van der Waals surface area contributed by atoms with Crippen molar-refractivity contribution in [1.82, 2.24) is 0 Å². The van der Waals surface area contributed by atoms with Crippen molar-refractivity contribution >= 4 is 0 Å². The van der Waals surface area contributed by atoms with Crippen molar-refractivity contribution < 1.29 is 70.5 Å². The van der Waals surface area contributed by atoms with Gasteiger partial charge in [-0.3, -0.25) is 14.4 Å². The van der Waals surface area contributed by atoms with Gasteiger partial charge in [-0.05, 0) is 0 Å². The summed E-state index contributed by atoms with van der Waals surface area (Å²) in [7, 11) is 0. The molecular formula is C21H24NdO6+9. The molecule has 0 unspecified atom stereocenters. The zero-order valence-electron chi connectivity index (χ0n) is 15.0. The maximum absolute atomic E-state index is 8.89. The molecule has 0 amide bonds. The van der Waals surface area contributed by atoms with Crippen LogP contribution in [0.1, 0.15) is 0 Å². The minimum absolute atomic E-state index is 0. The fraction of sp³-hybridized carbons (Fsp3) is 0. The molecule has 1 radical (unpaired) electrons. The van der Waals surface area contributed by atoms with Crippen LogP contribution in [-0.2, 0) is 0 Å². The van der Waals surface area contributed by atoms with Gasteiger partial charge < -0.3 is 15.3 Å². The molecule has 28 heavy (non-hydrogen) atoms. The molecule has 0 aromatic heterocycles. The first-order chi connectivity index (χ1) is 12.9. The van der Waals surface area contributed by atoms with Gasteiger partial charge in [-0.25, -0.2) is 0 Å². The normalized spacial score (nSPS) is 8.57. The van der Waals surface area contributed by atoms with E-state index in [4.69, 9.17) is 29.7 Å². The fourth-order valence-electron chi connectivity index (χ4n) is 1.61. The zero-order chi connectivity index (χ0) is 20.1. The summed E-state index contributed by atoms with van der Waals surface area (Å²) in [5, 5.41) is 21.3. The molecule has 6 nitrogen and oxygen atoms in total. The van der Waals surface area contributed by atoms with Crippen LogP contribution in [0.15, 0.2) is 91.0 Å². The van der Waals surface area contributed by atoms with Crippen LogP contribution in [0.25, 0.3) is 0 Å². The SMILES string of the molecule is [Nd+3].[OH+]=c1cccccc1[OH2+].[OH+]=c1cccccc1[OH2+].[OH+]=c1cccccc1[OH2+]. The van der Waals surface area contributed by atoms with E-state index < -0.39 is 0 Å². The molecule has 0 saturated carbocycles. The Bertz CT molecular complexity index is 906. The molecule has 139 valence electrons. The van der Waals surface area contributed by atoms with Gasteiger partial charge in [0.15, 0.2) is 0 Å². The Morgan fingerprint density at radius 2 is 0.607 bits per heavy atom. The standard InChI is InChI=1S/3C7H6O2.Nd/c3*8-6-4-2-1-3-5-7(6)9;/h3*1-5H,(H,8,9);/q;;;+3/p+6. The summed E-state index contributed by atoms with van der Waals surface area (Å²) >= 11 is 0. The van der Waals surface area contributed by atoms with Crippen molar-refractivity contribution in [3.63, 3.8) is 0 Å². The van der Waals surface area contributed by atoms with Gasteiger partial charge in [0.05, 0.1) is 18.2 Å². The Morgan fingerprint density at radius 3 is 0.857 bits per heavy atom. The zero-order valence-corrected chi connectivity index (χ0v) is 18.2. The average Bonchev–Trinajstić information content (AvgIpc) is 3.04. The minimum atomic E-state index is 0. The third-order valence-electron chi connectivity index (χ3n) is 3.05. The van der Waals surface area contributed by atoms with Gasteiger partial charge in [-0.15, -0.1) is 0 Å². The van der Waals surface area contributed by atoms with Crippen LogP contribution in [0, 0.1) is 40.8 Å². The molecule has 0 saturated heterocycles. The van der Waals surface area contributed by atoms with Crippen LogP contribution in [0.3, 0.4) is 0 Å². The number of rotatable bonds is 0. The Balaban J connectivity index is 0.000000384. The van der Waals surface area contributed by atoms with Crippen LogP contribution < -0.4 is 16.3 Å². The van der Waals surface area contributed by atoms with Gasteiger partial charge in [0.25, 0.3) is 0 Å².